The number of hydrogen-bond donors (Lipinski definition) is 0. The molecule has 28 heavy (non-hydrogen) atoms. The Morgan fingerprint density at radius 3 is 2.79 bits per heavy atom. The summed E-state index contributed by atoms with van der Waals surface area (Å²) in [6.07, 6.45) is 3.54. The van der Waals surface area contributed by atoms with Crippen molar-refractivity contribution in [2.45, 2.75) is 19.5 Å². The molecule has 0 spiro atoms. The number of hydrogen-bond acceptors (Lipinski definition) is 6. The van der Waals surface area contributed by atoms with E-state index in [0.717, 1.165) is 31.3 Å². The van der Waals surface area contributed by atoms with E-state index in [1.165, 1.54) is 5.56 Å². The van der Waals surface area contributed by atoms with Crippen LogP contribution in [0.2, 0.25) is 0 Å². The quantitative estimate of drug-likeness (QED) is 0.681. The van der Waals surface area contributed by atoms with Gasteiger partial charge in [0.05, 0.1) is 17.8 Å². The monoisotopic (exact) mass is 394 g/mol. The van der Waals surface area contributed by atoms with Crippen LogP contribution in [0.1, 0.15) is 28.9 Å². The zero-order chi connectivity index (χ0) is 19.1. The summed E-state index contributed by atoms with van der Waals surface area (Å²) in [4.78, 5) is 17.7. The van der Waals surface area contributed by atoms with Gasteiger partial charge in [-0.2, -0.15) is 5.10 Å². The number of amides is 1. The van der Waals surface area contributed by atoms with Gasteiger partial charge >= 0.3 is 0 Å². The number of carbonyl (C=O) groups excluding carboxylic acids is 1. The Bertz CT molecular complexity index is 956. The molecule has 8 heteroatoms. The lowest BCUT2D eigenvalue weighted by Crippen LogP contribution is -2.35. The first-order chi connectivity index (χ1) is 13.7. The SMILES string of the molecule is CCn1cc(C(=O)N2C[C@@H]3CN(c4nncs4)C[C@@H]3[C@H]2c2ccccc2)cn1. The first-order valence-corrected chi connectivity index (χ1v) is 10.5. The van der Waals surface area contributed by atoms with Crippen LogP contribution in [-0.2, 0) is 6.54 Å². The van der Waals surface area contributed by atoms with Gasteiger partial charge in [0.25, 0.3) is 5.91 Å². The van der Waals surface area contributed by atoms with Crippen molar-refractivity contribution >= 4 is 22.4 Å². The maximum absolute atomic E-state index is 13.3. The number of aryl methyl sites for hydroxylation is 1. The largest absolute Gasteiger partial charge is 0.346 e. The fourth-order valence-corrected chi connectivity index (χ4v) is 5.19. The van der Waals surface area contributed by atoms with E-state index in [2.05, 4.69) is 49.4 Å². The van der Waals surface area contributed by atoms with Gasteiger partial charge in [-0.15, -0.1) is 10.2 Å². The molecule has 144 valence electrons. The lowest BCUT2D eigenvalue weighted by molar-refractivity contribution is 0.0715. The summed E-state index contributed by atoms with van der Waals surface area (Å²) in [6.45, 7) is 5.36. The van der Waals surface area contributed by atoms with Gasteiger partial charge in [-0.3, -0.25) is 9.48 Å². The summed E-state index contributed by atoms with van der Waals surface area (Å²) >= 11 is 1.58. The molecule has 2 aliphatic rings. The van der Waals surface area contributed by atoms with Crippen molar-refractivity contribution in [2.75, 3.05) is 24.5 Å². The maximum Gasteiger partial charge on any atom is 0.257 e. The van der Waals surface area contributed by atoms with E-state index in [1.54, 1.807) is 27.7 Å². The Morgan fingerprint density at radius 1 is 1.21 bits per heavy atom. The molecule has 0 radical (unpaired) electrons. The predicted molar refractivity (Wildman–Crippen MR) is 107 cm³/mol. The van der Waals surface area contributed by atoms with E-state index >= 15 is 0 Å². The van der Waals surface area contributed by atoms with Crippen LogP contribution in [0, 0.1) is 11.8 Å². The van der Waals surface area contributed by atoms with Crippen LogP contribution in [0.4, 0.5) is 5.13 Å². The molecule has 1 aromatic carbocycles. The predicted octanol–water partition coefficient (Wildman–Crippen LogP) is 2.70. The highest BCUT2D eigenvalue weighted by Crippen LogP contribution is 2.46. The molecule has 2 aliphatic heterocycles. The minimum absolute atomic E-state index is 0.0709. The topological polar surface area (TPSA) is 67.2 Å². The Hall–Kier alpha value is -2.74. The molecule has 2 aromatic heterocycles. The molecule has 1 amide bonds. The minimum Gasteiger partial charge on any atom is -0.346 e. The first-order valence-electron chi connectivity index (χ1n) is 9.64. The van der Waals surface area contributed by atoms with Crippen molar-refractivity contribution in [3.8, 4) is 0 Å². The van der Waals surface area contributed by atoms with Crippen molar-refractivity contribution in [1.29, 1.82) is 0 Å². The highest BCUT2D eigenvalue weighted by molar-refractivity contribution is 7.13. The van der Waals surface area contributed by atoms with Crippen LogP contribution in [0.25, 0.3) is 0 Å². The van der Waals surface area contributed by atoms with Crippen LogP contribution >= 0.6 is 11.3 Å². The summed E-state index contributed by atoms with van der Waals surface area (Å²) in [6, 6.07) is 10.5. The van der Waals surface area contributed by atoms with Crippen LogP contribution in [0.15, 0.2) is 48.2 Å². The fourth-order valence-electron chi connectivity index (χ4n) is 4.61. The molecule has 0 unspecified atom stereocenters. The van der Waals surface area contributed by atoms with Crippen molar-refractivity contribution in [2.24, 2.45) is 11.8 Å². The average Bonchev–Trinajstić information content (AvgIpc) is 3.51. The molecule has 7 nitrogen and oxygen atoms in total. The van der Waals surface area contributed by atoms with E-state index in [1.807, 2.05) is 19.2 Å². The molecular weight excluding hydrogens is 372 g/mol. The lowest BCUT2D eigenvalue weighted by atomic mass is 9.89. The molecule has 0 saturated carbocycles. The van der Waals surface area contributed by atoms with Gasteiger partial charge in [-0.05, 0) is 12.5 Å². The Balaban J connectivity index is 1.46. The van der Waals surface area contributed by atoms with Gasteiger partial charge in [-0.1, -0.05) is 41.7 Å². The molecule has 0 aliphatic carbocycles. The molecular formula is C20H22N6OS. The Labute approximate surface area is 167 Å². The van der Waals surface area contributed by atoms with Crippen molar-refractivity contribution in [3.63, 3.8) is 0 Å². The zero-order valence-corrected chi connectivity index (χ0v) is 16.5. The summed E-state index contributed by atoms with van der Waals surface area (Å²) in [5, 5.41) is 13.5. The van der Waals surface area contributed by atoms with Crippen molar-refractivity contribution in [1.82, 2.24) is 24.9 Å². The van der Waals surface area contributed by atoms with Crippen LogP contribution in [0.5, 0.6) is 0 Å². The van der Waals surface area contributed by atoms with E-state index < -0.39 is 0 Å². The van der Waals surface area contributed by atoms with Gasteiger partial charge in [0.15, 0.2) is 0 Å². The number of rotatable bonds is 4. The number of carbonyl (C=O) groups is 1. The Morgan fingerprint density at radius 2 is 2.07 bits per heavy atom. The first kappa shape index (κ1) is 17.4. The van der Waals surface area contributed by atoms with Gasteiger partial charge in [0.1, 0.15) is 5.51 Å². The lowest BCUT2D eigenvalue weighted by Gasteiger charge is -2.29. The third kappa shape index (κ3) is 2.88. The van der Waals surface area contributed by atoms with Gasteiger partial charge < -0.3 is 9.80 Å². The highest BCUT2D eigenvalue weighted by atomic mass is 32.1. The molecule has 2 saturated heterocycles. The van der Waals surface area contributed by atoms with Crippen LogP contribution in [-0.4, -0.2) is 50.4 Å². The molecule has 5 rings (SSSR count). The van der Waals surface area contributed by atoms with Gasteiger partial charge in [0.2, 0.25) is 5.13 Å². The third-order valence-corrected chi connectivity index (χ3v) is 6.64. The number of likely N-dealkylation sites (tertiary alicyclic amines) is 1. The van der Waals surface area contributed by atoms with Gasteiger partial charge in [0, 0.05) is 44.2 Å². The molecule has 2 fully saturated rings. The number of fused-ring (bicyclic) bond motifs is 1. The standard InChI is InChI=1S/C20H22N6OS/c1-2-25-10-15(8-22-25)19(27)26-11-16-9-24(20-23-21-13-28-20)12-17(16)18(26)14-6-4-3-5-7-14/h3-8,10,13,16-18H,2,9,11-12H2,1H3/t16-,17-,18+/m0/s1. The minimum atomic E-state index is 0.0709. The van der Waals surface area contributed by atoms with E-state index in [4.69, 9.17) is 0 Å². The molecule has 3 aromatic rings. The van der Waals surface area contributed by atoms with Crippen molar-refractivity contribution < 1.29 is 4.79 Å². The van der Waals surface area contributed by atoms with E-state index in [-0.39, 0.29) is 11.9 Å². The molecule has 3 atom stereocenters. The number of nitrogens with zero attached hydrogens (tertiary/aromatic N) is 6. The van der Waals surface area contributed by atoms with Gasteiger partial charge in [-0.25, -0.2) is 0 Å². The number of aromatic nitrogens is 4. The molecule has 0 N–H and O–H groups in total. The second kappa shape index (κ2) is 7.01. The van der Waals surface area contributed by atoms with Crippen LogP contribution in [0.3, 0.4) is 0 Å². The summed E-state index contributed by atoms with van der Waals surface area (Å²) in [7, 11) is 0. The molecule has 4 heterocycles. The smallest absolute Gasteiger partial charge is 0.257 e. The normalized spacial score (nSPS) is 24.0. The zero-order valence-electron chi connectivity index (χ0n) is 15.7. The van der Waals surface area contributed by atoms with E-state index in [0.29, 0.717) is 17.4 Å². The van der Waals surface area contributed by atoms with Crippen LogP contribution < -0.4 is 4.90 Å². The third-order valence-electron chi connectivity index (χ3n) is 5.89. The number of anilines is 1. The maximum atomic E-state index is 13.3. The summed E-state index contributed by atoms with van der Waals surface area (Å²) in [5.74, 6) is 0.890. The fraction of sp³-hybridized carbons (Fsp3) is 0.400. The van der Waals surface area contributed by atoms with Crippen molar-refractivity contribution in [3.05, 3.63) is 59.4 Å². The number of benzene rings is 1. The average molecular weight is 395 g/mol. The molecule has 0 bridgehead atoms. The summed E-state index contributed by atoms with van der Waals surface area (Å²) in [5.41, 5.74) is 3.65. The van der Waals surface area contributed by atoms with E-state index in [9.17, 15) is 4.79 Å². The summed E-state index contributed by atoms with van der Waals surface area (Å²) < 4.78 is 1.80. The second-order valence-corrected chi connectivity index (χ2v) is 8.26. The second-order valence-electron chi connectivity index (χ2n) is 7.45. The highest BCUT2D eigenvalue weighted by Gasteiger charge is 2.49. The Kier molecular flexibility index (Phi) is 4.35.